The number of hydrogen-bond acceptors (Lipinski definition) is 3. The zero-order chi connectivity index (χ0) is 12.8. The highest BCUT2D eigenvalue weighted by atomic mass is 16.6. The van der Waals surface area contributed by atoms with Gasteiger partial charge in [-0.2, -0.15) is 0 Å². The fourth-order valence-corrected chi connectivity index (χ4v) is 2.63. The molecular weight excluding hydrogens is 232 g/mol. The third-order valence-corrected chi connectivity index (χ3v) is 3.71. The van der Waals surface area contributed by atoms with E-state index < -0.39 is 0 Å². The normalized spacial score (nSPS) is 31.5. The summed E-state index contributed by atoms with van der Waals surface area (Å²) in [7, 11) is 0. The van der Waals surface area contributed by atoms with Gasteiger partial charge in [-0.15, -0.1) is 0 Å². The van der Waals surface area contributed by atoms with Gasteiger partial charge in [-0.05, 0) is 19.3 Å². The minimum absolute atomic E-state index is 0.0515. The molecule has 2 fully saturated rings. The van der Waals surface area contributed by atoms with Crippen LogP contribution in [0.15, 0.2) is 0 Å². The summed E-state index contributed by atoms with van der Waals surface area (Å²) < 4.78 is 11.3. The van der Waals surface area contributed by atoms with Crippen molar-refractivity contribution in [2.75, 3.05) is 26.4 Å². The van der Waals surface area contributed by atoms with Gasteiger partial charge < -0.3 is 20.1 Å². The van der Waals surface area contributed by atoms with Crippen molar-refractivity contribution >= 4 is 6.03 Å². The van der Waals surface area contributed by atoms with Crippen molar-refractivity contribution in [2.24, 2.45) is 0 Å². The van der Waals surface area contributed by atoms with Gasteiger partial charge in [-0.25, -0.2) is 4.79 Å². The Morgan fingerprint density at radius 1 is 1.44 bits per heavy atom. The predicted molar refractivity (Wildman–Crippen MR) is 68.6 cm³/mol. The Labute approximate surface area is 109 Å². The van der Waals surface area contributed by atoms with E-state index >= 15 is 0 Å². The number of urea groups is 1. The first-order chi connectivity index (χ1) is 8.74. The molecule has 0 unspecified atom stereocenters. The monoisotopic (exact) mass is 256 g/mol. The van der Waals surface area contributed by atoms with E-state index in [0.717, 1.165) is 45.3 Å². The van der Waals surface area contributed by atoms with Crippen LogP contribution in [0.4, 0.5) is 4.79 Å². The summed E-state index contributed by atoms with van der Waals surface area (Å²) in [5, 5.41) is 5.93. The Bertz CT molecular complexity index is 277. The minimum Gasteiger partial charge on any atom is -0.378 e. The van der Waals surface area contributed by atoms with Crippen LogP contribution in [-0.4, -0.2) is 44.0 Å². The third kappa shape index (κ3) is 3.59. The Hall–Kier alpha value is -0.810. The molecule has 0 radical (unpaired) electrons. The van der Waals surface area contributed by atoms with Gasteiger partial charge in [0.25, 0.3) is 0 Å². The van der Waals surface area contributed by atoms with Crippen LogP contribution in [0.3, 0.4) is 0 Å². The van der Waals surface area contributed by atoms with E-state index in [4.69, 9.17) is 9.47 Å². The largest absolute Gasteiger partial charge is 0.378 e. The van der Waals surface area contributed by atoms with Crippen LogP contribution < -0.4 is 10.6 Å². The first-order valence-electron chi connectivity index (χ1n) is 7.00. The zero-order valence-corrected chi connectivity index (χ0v) is 11.2. The highest BCUT2D eigenvalue weighted by Crippen LogP contribution is 2.32. The number of nitrogens with one attached hydrogen (secondary N) is 2. The predicted octanol–water partition coefficient (Wildman–Crippen LogP) is 1.42. The zero-order valence-electron chi connectivity index (χ0n) is 11.2. The number of unbranched alkanes of at least 4 members (excludes halogenated alkanes) is 1. The molecule has 0 aromatic heterocycles. The van der Waals surface area contributed by atoms with Crippen molar-refractivity contribution in [2.45, 2.75) is 50.7 Å². The van der Waals surface area contributed by atoms with Gasteiger partial charge in [0, 0.05) is 32.2 Å². The molecule has 0 aromatic carbocycles. The van der Waals surface area contributed by atoms with Gasteiger partial charge in [0.1, 0.15) is 0 Å². The van der Waals surface area contributed by atoms with E-state index in [1.807, 2.05) is 0 Å². The van der Waals surface area contributed by atoms with E-state index in [9.17, 15) is 4.79 Å². The average molecular weight is 256 g/mol. The van der Waals surface area contributed by atoms with Crippen molar-refractivity contribution in [1.29, 1.82) is 0 Å². The molecule has 2 atom stereocenters. The second-order valence-electron chi connectivity index (χ2n) is 5.28. The molecule has 2 rings (SSSR count). The Balaban J connectivity index is 1.73. The highest BCUT2D eigenvalue weighted by molar-refractivity contribution is 5.74. The molecule has 2 aliphatic rings. The number of carbonyl (C=O) groups is 1. The summed E-state index contributed by atoms with van der Waals surface area (Å²) in [6.07, 6.45) is 4.83. The molecule has 104 valence electrons. The molecule has 0 bridgehead atoms. The van der Waals surface area contributed by atoms with Crippen LogP contribution >= 0.6 is 0 Å². The molecule has 2 amide bonds. The topological polar surface area (TPSA) is 59.6 Å². The lowest BCUT2D eigenvalue weighted by atomic mass is 9.90. The molecule has 0 saturated carbocycles. The first kappa shape index (κ1) is 13.6. The van der Waals surface area contributed by atoms with Crippen molar-refractivity contribution < 1.29 is 14.3 Å². The maximum atomic E-state index is 11.7. The van der Waals surface area contributed by atoms with Crippen LogP contribution in [0.25, 0.3) is 0 Å². The van der Waals surface area contributed by atoms with Gasteiger partial charge >= 0.3 is 6.03 Å². The summed E-state index contributed by atoms with van der Waals surface area (Å²) in [4.78, 5) is 11.7. The number of ether oxygens (including phenoxy) is 2. The van der Waals surface area contributed by atoms with Gasteiger partial charge in [0.05, 0.1) is 12.2 Å². The van der Waals surface area contributed by atoms with Crippen LogP contribution in [0.2, 0.25) is 0 Å². The molecule has 5 nitrogen and oxygen atoms in total. The third-order valence-electron chi connectivity index (χ3n) is 3.71. The van der Waals surface area contributed by atoms with Crippen molar-refractivity contribution in [3.8, 4) is 0 Å². The van der Waals surface area contributed by atoms with Crippen LogP contribution in [0.1, 0.15) is 39.0 Å². The van der Waals surface area contributed by atoms with Crippen molar-refractivity contribution in [1.82, 2.24) is 10.6 Å². The van der Waals surface area contributed by atoms with E-state index in [-0.39, 0.29) is 17.7 Å². The lowest BCUT2D eigenvalue weighted by Crippen LogP contribution is -2.51. The molecule has 0 aliphatic carbocycles. The second-order valence-corrected chi connectivity index (χ2v) is 5.28. The average Bonchev–Trinajstić information content (AvgIpc) is 2.77. The molecule has 1 spiro atoms. The summed E-state index contributed by atoms with van der Waals surface area (Å²) in [6, 6.07) is 0.159. The van der Waals surface area contributed by atoms with E-state index in [1.54, 1.807) is 0 Å². The Morgan fingerprint density at radius 2 is 2.33 bits per heavy atom. The minimum atomic E-state index is -0.139. The molecular formula is C13H24N2O3. The quantitative estimate of drug-likeness (QED) is 0.748. The van der Waals surface area contributed by atoms with E-state index in [1.165, 1.54) is 0 Å². The summed E-state index contributed by atoms with van der Waals surface area (Å²) in [5.41, 5.74) is -0.139. The summed E-state index contributed by atoms with van der Waals surface area (Å²) in [5.74, 6) is 0. The maximum absolute atomic E-state index is 11.7. The van der Waals surface area contributed by atoms with Gasteiger partial charge in [0.15, 0.2) is 0 Å². The van der Waals surface area contributed by atoms with Crippen molar-refractivity contribution in [3.63, 3.8) is 0 Å². The molecule has 5 heteroatoms. The summed E-state index contributed by atoms with van der Waals surface area (Å²) >= 11 is 0. The highest BCUT2D eigenvalue weighted by Gasteiger charge is 2.41. The molecule has 2 heterocycles. The molecule has 2 N–H and O–H groups in total. The van der Waals surface area contributed by atoms with E-state index in [2.05, 4.69) is 17.6 Å². The number of amides is 2. The molecule has 18 heavy (non-hydrogen) atoms. The van der Waals surface area contributed by atoms with Gasteiger partial charge in [-0.3, -0.25) is 0 Å². The first-order valence-corrected chi connectivity index (χ1v) is 7.00. The summed E-state index contributed by atoms with van der Waals surface area (Å²) in [6.45, 7) is 5.02. The lowest BCUT2D eigenvalue weighted by molar-refractivity contribution is -0.0878. The molecule has 2 aliphatic heterocycles. The maximum Gasteiger partial charge on any atom is 0.315 e. The number of hydrogen-bond donors (Lipinski definition) is 2. The van der Waals surface area contributed by atoms with Crippen LogP contribution in [0.5, 0.6) is 0 Å². The number of rotatable bonds is 4. The molecule has 2 saturated heterocycles. The van der Waals surface area contributed by atoms with Gasteiger partial charge in [-0.1, -0.05) is 13.3 Å². The Morgan fingerprint density at radius 3 is 3.06 bits per heavy atom. The Kier molecular flexibility index (Phi) is 4.83. The van der Waals surface area contributed by atoms with E-state index in [0.29, 0.717) is 13.2 Å². The van der Waals surface area contributed by atoms with Gasteiger partial charge in [0.2, 0.25) is 0 Å². The fourth-order valence-electron chi connectivity index (χ4n) is 2.63. The SMILES string of the molecule is CCCCNC(=O)N[C@H]1CCO[C@]2(CCOC2)C1. The fraction of sp³-hybridized carbons (Fsp3) is 0.923. The smallest absolute Gasteiger partial charge is 0.315 e. The lowest BCUT2D eigenvalue weighted by Gasteiger charge is -2.37. The van der Waals surface area contributed by atoms with Crippen LogP contribution in [-0.2, 0) is 9.47 Å². The van der Waals surface area contributed by atoms with Crippen LogP contribution in [0, 0.1) is 0 Å². The standard InChI is InChI=1S/C13H24N2O3/c1-2-3-6-14-12(16)15-11-4-7-18-13(9-11)5-8-17-10-13/h11H,2-10H2,1H3,(H2,14,15,16)/t11-,13+/m0/s1. The van der Waals surface area contributed by atoms with Crippen molar-refractivity contribution in [3.05, 3.63) is 0 Å². The second kappa shape index (κ2) is 6.38. The number of carbonyl (C=O) groups excluding carboxylic acids is 1. The molecule has 0 aromatic rings.